The molecule has 0 atom stereocenters. The maximum Gasteiger partial charge on any atom is 0.290 e. The summed E-state index contributed by atoms with van der Waals surface area (Å²) >= 11 is 12.1. The number of methoxy groups -OCH3 is 1. The van der Waals surface area contributed by atoms with E-state index in [2.05, 4.69) is 15.4 Å². The van der Waals surface area contributed by atoms with Crippen LogP contribution in [0.4, 0.5) is 4.39 Å². The molecule has 0 fully saturated rings. The molecule has 0 aliphatic rings. The number of ether oxygens (including phenoxy) is 1. The second-order valence-corrected chi connectivity index (χ2v) is 6.69. The fraction of sp³-hybridized carbons (Fsp3) is 0.211. The minimum absolute atomic E-state index is 0.0113. The van der Waals surface area contributed by atoms with E-state index in [9.17, 15) is 9.18 Å². The van der Waals surface area contributed by atoms with Crippen molar-refractivity contribution in [1.29, 1.82) is 0 Å². The van der Waals surface area contributed by atoms with Crippen LogP contribution in [-0.4, -0.2) is 40.9 Å². The van der Waals surface area contributed by atoms with Gasteiger partial charge in [0.2, 0.25) is 5.82 Å². The summed E-state index contributed by atoms with van der Waals surface area (Å²) in [6, 6.07) is 10.7. The van der Waals surface area contributed by atoms with Gasteiger partial charge in [0.05, 0.1) is 15.7 Å². The van der Waals surface area contributed by atoms with Gasteiger partial charge in [-0.15, -0.1) is 5.10 Å². The van der Waals surface area contributed by atoms with Crippen LogP contribution in [0, 0.1) is 5.82 Å². The van der Waals surface area contributed by atoms with Gasteiger partial charge in [-0.3, -0.25) is 4.79 Å². The number of carbonyl (C=O) groups excluding carboxylic acids is 1. The van der Waals surface area contributed by atoms with Gasteiger partial charge >= 0.3 is 0 Å². The molecule has 0 aliphatic heterocycles. The molecule has 1 amide bonds. The third-order valence-electron chi connectivity index (χ3n) is 3.87. The quantitative estimate of drug-likeness (QED) is 0.580. The van der Waals surface area contributed by atoms with Crippen molar-refractivity contribution in [2.24, 2.45) is 0 Å². The summed E-state index contributed by atoms with van der Waals surface area (Å²) in [5.41, 5.74) is 1.16. The molecule has 6 nitrogen and oxygen atoms in total. The maximum absolute atomic E-state index is 13.3. The number of benzene rings is 2. The maximum atomic E-state index is 13.3. The molecule has 0 saturated heterocycles. The van der Waals surface area contributed by atoms with Crippen LogP contribution in [0.3, 0.4) is 0 Å². The Balaban J connectivity index is 1.98. The van der Waals surface area contributed by atoms with E-state index in [4.69, 9.17) is 27.9 Å². The van der Waals surface area contributed by atoms with Crippen molar-refractivity contribution in [2.45, 2.75) is 6.42 Å². The van der Waals surface area contributed by atoms with Gasteiger partial charge in [0.1, 0.15) is 5.82 Å². The molecule has 28 heavy (non-hydrogen) atoms. The Hall–Kier alpha value is -2.48. The smallest absolute Gasteiger partial charge is 0.290 e. The topological polar surface area (TPSA) is 69.0 Å². The third kappa shape index (κ3) is 4.67. The van der Waals surface area contributed by atoms with Crippen molar-refractivity contribution in [2.75, 3.05) is 20.3 Å². The minimum Gasteiger partial charge on any atom is -0.385 e. The molecule has 1 aromatic heterocycles. The number of aromatic nitrogens is 3. The second kappa shape index (κ2) is 9.14. The molecule has 0 spiro atoms. The molecule has 9 heteroatoms. The van der Waals surface area contributed by atoms with Crippen LogP contribution in [0.25, 0.3) is 17.1 Å². The Bertz CT molecular complexity index is 977. The van der Waals surface area contributed by atoms with E-state index in [-0.39, 0.29) is 11.6 Å². The molecule has 0 saturated carbocycles. The summed E-state index contributed by atoms with van der Waals surface area (Å²) < 4.78 is 19.7. The first-order valence-electron chi connectivity index (χ1n) is 8.45. The molecule has 0 bridgehead atoms. The highest BCUT2D eigenvalue weighted by Crippen LogP contribution is 2.27. The van der Waals surface area contributed by atoms with Crippen LogP contribution in [0.15, 0.2) is 42.5 Å². The highest BCUT2D eigenvalue weighted by Gasteiger charge is 2.19. The summed E-state index contributed by atoms with van der Waals surface area (Å²) in [7, 11) is 1.59. The van der Waals surface area contributed by atoms with E-state index in [0.717, 1.165) is 0 Å². The number of hydrogen-bond donors (Lipinski definition) is 1. The third-order valence-corrected chi connectivity index (χ3v) is 4.61. The van der Waals surface area contributed by atoms with Gasteiger partial charge in [0.25, 0.3) is 5.91 Å². The SMILES string of the molecule is COCCCNC(=O)c1nc(-c2ccc(F)cc2)n(-c2ccc(Cl)c(Cl)c2)n1. The Morgan fingerprint density at radius 1 is 1.18 bits per heavy atom. The molecule has 0 unspecified atom stereocenters. The zero-order valence-electron chi connectivity index (χ0n) is 15.0. The molecule has 3 rings (SSSR count). The fourth-order valence-corrected chi connectivity index (χ4v) is 2.78. The molecule has 3 aromatic rings. The number of amides is 1. The van der Waals surface area contributed by atoms with Crippen molar-refractivity contribution in [1.82, 2.24) is 20.1 Å². The summed E-state index contributed by atoms with van der Waals surface area (Å²) in [4.78, 5) is 16.8. The van der Waals surface area contributed by atoms with Gasteiger partial charge in [-0.25, -0.2) is 14.1 Å². The molecule has 2 aromatic carbocycles. The Morgan fingerprint density at radius 3 is 2.61 bits per heavy atom. The predicted octanol–water partition coefficient (Wildman–Crippen LogP) is 4.15. The summed E-state index contributed by atoms with van der Waals surface area (Å²) in [6.07, 6.45) is 0.667. The summed E-state index contributed by atoms with van der Waals surface area (Å²) in [5.74, 6) is -0.429. The lowest BCUT2D eigenvalue weighted by Gasteiger charge is -2.07. The van der Waals surface area contributed by atoms with Gasteiger partial charge < -0.3 is 10.1 Å². The van der Waals surface area contributed by atoms with Gasteiger partial charge in [-0.2, -0.15) is 0 Å². The standard InChI is InChI=1S/C19H17Cl2FN4O2/c1-28-10-2-9-23-19(27)17-24-18(12-3-5-13(22)6-4-12)26(25-17)14-7-8-15(20)16(21)11-14/h3-8,11H,2,9-10H2,1H3,(H,23,27). The van der Waals surface area contributed by atoms with Crippen molar-refractivity contribution in [3.63, 3.8) is 0 Å². The number of carbonyl (C=O) groups is 1. The van der Waals surface area contributed by atoms with E-state index in [1.807, 2.05) is 0 Å². The normalized spacial score (nSPS) is 10.9. The van der Waals surface area contributed by atoms with Gasteiger partial charge in [-0.05, 0) is 48.9 Å². The molecule has 0 radical (unpaired) electrons. The molecular weight excluding hydrogens is 406 g/mol. The van der Waals surface area contributed by atoms with Gasteiger partial charge in [0.15, 0.2) is 5.82 Å². The van der Waals surface area contributed by atoms with Gasteiger partial charge in [0, 0.05) is 25.8 Å². The molecule has 0 aliphatic carbocycles. The number of hydrogen-bond acceptors (Lipinski definition) is 4. The van der Waals surface area contributed by atoms with E-state index in [1.54, 1.807) is 37.4 Å². The second-order valence-electron chi connectivity index (χ2n) is 5.88. The van der Waals surface area contributed by atoms with E-state index >= 15 is 0 Å². The minimum atomic E-state index is -0.418. The molecule has 1 N–H and O–H groups in total. The summed E-state index contributed by atoms with van der Waals surface area (Å²) in [6.45, 7) is 0.964. The number of nitrogens with one attached hydrogen (secondary N) is 1. The van der Waals surface area contributed by atoms with Crippen LogP contribution in [0.2, 0.25) is 10.0 Å². The summed E-state index contributed by atoms with van der Waals surface area (Å²) in [5, 5.41) is 7.79. The Morgan fingerprint density at radius 2 is 1.93 bits per heavy atom. The highest BCUT2D eigenvalue weighted by atomic mass is 35.5. The van der Waals surface area contributed by atoms with Crippen LogP contribution in [-0.2, 0) is 4.74 Å². The lowest BCUT2D eigenvalue weighted by Crippen LogP contribution is -2.26. The molecular formula is C19H17Cl2FN4O2. The largest absolute Gasteiger partial charge is 0.385 e. The van der Waals surface area contributed by atoms with E-state index in [1.165, 1.54) is 16.8 Å². The Labute approximate surface area is 171 Å². The number of nitrogens with zero attached hydrogens (tertiary/aromatic N) is 3. The van der Waals surface area contributed by atoms with Crippen LogP contribution in [0.5, 0.6) is 0 Å². The first-order chi connectivity index (χ1) is 13.5. The van der Waals surface area contributed by atoms with Crippen LogP contribution >= 0.6 is 23.2 Å². The fourth-order valence-electron chi connectivity index (χ4n) is 2.49. The van der Waals surface area contributed by atoms with E-state index < -0.39 is 5.91 Å². The first kappa shape index (κ1) is 20.3. The van der Waals surface area contributed by atoms with Crippen molar-refractivity contribution in [3.8, 4) is 17.1 Å². The number of halogens is 3. The van der Waals surface area contributed by atoms with E-state index in [0.29, 0.717) is 46.7 Å². The number of rotatable bonds is 7. The lowest BCUT2D eigenvalue weighted by atomic mass is 10.2. The highest BCUT2D eigenvalue weighted by molar-refractivity contribution is 6.42. The monoisotopic (exact) mass is 422 g/mol. The average molecular weight is 423 g/mol. The van der Waals surface area contributed by atoms with Gasteiger partial charge in [-0.1, -0.05) is 23.2 Å². The van der Waals surface area contributed by atoms with Crippen LogP contribution in [0.1, 0.15) is 17.0 Å². The zero-order valence-corrected chi connectivity index (χ0v) is 16.5. The van der Waals surface area contributed by atoms with Crippen molar-refractivity contribution < 1.29 is 13.9 Å². The molecule has 146 valence electrons. The Kier molecular flexibility index (Phi) is 6.61. The average Bonchev–Trinajstić information content (AvgIpc) is 3.13. The predicted molar refractivity (Wildman–Crippen MR) is 106 cm³/mol. The molecule has 1 heterocycles. The first-order valence-corrected chi connectivity index (χ1v) is 9.20. The van der Waals surface area contributed by atoms with Crippen molar-refractivity contribution in [3.05, 3.63) is 64.2 Å². The van der Waals surface area contributed by atoms with Crippen molar-refractivity contribution >= 4 is 29.1 Å². The lowest BCUT2D eigenvalue weighted by molar-refractivity contribution is 0.0938. The zero-order chi connectivity index (χ0) is 20.1. The van der Waals surface area contributed by atoms with Crippen LogP contribution < -0.4 is 5.32 Å².